The molecule has 7 aromatic carbocycles. The Bertz CT molecular complexity index is 2460. The van der Waals surface area contributed by atoms with Gasteiger partial charge in [-0.1, -0.05) is 206 Å². The van der Waals surface area contributed by atoms with Gasteiger partial charge in [0.1, 0.15) is 0 Å². The summed E-state index contributed by atoms with van der Waals surface area (Å²) in [5, 5.41) is 0. The van der Waals surface area contributed by atoms with E-state index in [9.17, 15) is 0 Å². The SMILES string of the molecule is c1ccc(-c2nc(-c3ccccc3)c(-c3ccc(-c4nc(-c5ccccc5)c(-c5ccccc5)nc4-c4ccccc4)cc3)nc2-c2ccccc2)cc1. The lowest BCUT2D eigenvalue weighted by Crippen LogP contribution is -2.02. The summed E-state index contributed by atoms with van der Waals surface area (Å²) in [5.74, 6) is 0. The lowest BCUT2D eigenvalue weighted by atomic mass is 9.97. The summed E-state index contributed by atoms with van der Waals surface area (Å²) in [7, 11) is 0. The molecule has 9 rings (SSSR count). The highest BCUT2D eigenvalue weighted by atomic mass is 14.9. The molecule has 0 unspecified atom stereocenters. The summed E-state index contributed by atoms with van der Waals surface area (Å²) in [6, 6.07) is 70.4. The lowest BCUT2D eigenvalue weighted by molar-refractivity contribution is 1.21. The van der Waals surface area contributed by atoms with Gasteiger partial charge in [0, 0.05) is 44.5 Å². The molecular formula is C50H34N4. The van der Waals surface area contributed by atoms with E-state index in [1.165, 1.54) is 0 Å². The van der Waals surface area contributed by atoms with Crippen molar-refractivity contribution in [2.45, 2.75) is 0 Å². The summed E-state index contributed by atoms with van der Waals surface area (Å²) in [5.41, 5.74) is 14.6. The largest absolute Gasteiger partial charge is 0.243 e. The fourth-order valence-corrected chi connectivity index (χ4v) is 6.84. The van der Waals surface area contributed by atoms with E-state index in [2.05, 4.69) is 97.1 Å². The maximum Gasteiger partial charge on any atom is 0.0973 e. The average Bonchev–Trinajstić information content (AvgIpc) is 3.27. The van der Waals surface area contributed by atoms with E-state index in [1.54, 1.807) is 0 Å². The smallest absolute Gasteiger partial charge is 0.0973 e. The second-order valence-corrected chi connectivity index (χ2v) is 13.0. The van der Waals surface area contributed by atoms with Crippen LogP contribution in [0.25, 0.3) is 90.1 Å². The number of aromatic nitrogens is 4. The van der Waals surface area contributed by atoms with Crippen LogP contribution in [0.4, 0.5) is 0 Å². The first-order valence-corrected chi connectivity index (χ1v) is 18.1. The Morgan fingerprint density at radius 3 is 0.426 bits per heavy atom. The summed E-state index contributed by atoms with van der Waals surface area (Å²) < 4.78 is 0. The van der Waals surface area contributed by atoms with Gasteiger partial charge in [-0.05, 0) is 0 Å². The first kappa shape index (κ1) is 32.6. The molecule has 0 aliphatic heterocycles. The third-order valence-corrected chi connectivity index (χ3v) is 9.51. The fraction of sp³-hybridized carbons (Fsp3) is 0. The first-order valence-electron chi connectivity index (χ1n) is 18.1. The third kappa shape index (κ3) is 6.49. The van der Waals surface area contributed by atoms with Gasteiger partial charge in [0.15, 0.2) is 0 Å². The second kappa shape index (κ2) is 14.7. The number of hydrogen-bond donors (Lipinski definition) is 0. The Labute approximate surface area is 315 Å². The van der Waals surface area contributed by atoms with Crippen LogP contribution < -0.4 is 0 Å². The molecule has 0 N–H and O–H groups in total. The van der Waals surface area contributed by atoms with Crippen LogP contribution in [0.2, 0.25) is 0 Å². The van der Waals surface area contributed by atoms with Gasteiger partial charge >= 0.3 is 0 Å². The Balaban J connectivity index is 1.24. The zero-order valence-electron chi connectivity index (χ0n) is 29.4. The molecule has 0 aliphatic rings. The highest BCUT2D eigenvalue weighted by molar-refractivity contribution is 5.89. The molecule has 0 fully saturated rings. The van der Waals surface area contributed by atoms with Crippen molar-refractivity contribution in [1.29, 1.82) is 0 Å². The topological polar surface area (TPSA) is 51.6 Å². The van der Waals surface area contributed by atoms with Crippen LogP contribution in [-0.4, -0.2) is 19.9 Å². The van der Waals surface area contributed by atoms with E-state index in [0.717, 1.165) is 90.1 Å². The molecule has 0 atom stereocenters. The molecule has 0 radical (unpaired) electrons. The van der Waals surface area contributed by atoms with Crippen molar-refractivity contribution in [3.63, 3.8) is 0 Å². The molecule has 54 heavy (non-hydrogen) atoms. The minimum atomic E-state index is 0.810. The van der Waals surface area contributed by atoms with Crippen molar-refractivity contribution >= 4 is 0 Å². The van der Waals surface area contributed by atoms with Crippen LogP contribution in [0.5, 0.6) is 0 Å². The molecule has 2 heterocycles. The normalized spacial score (nSPS) is 11.0. The van der Waals surface area contributed by atoms with Crippen LogP contribution >= 0.6 is 0 Å². The van der Waals surface area contributed by atoms with Gasteiger partial charge in [-0.2, -0.15) is 0 Å². The van der Waals surface area contributed by atoms with Gasteiger partial charge in [0.2, 0.25) is 0 Å². The van der Waals surface area contributed by atoms with Gasteiger partial charge in [-0.3, -0.25) is 0 Å². The highest BCUT2D eigenvalue weighted by Crippen LogP contribution is 2.40. The molecular weight excluding hydrogens is 657 g/mol. The Morgan fingerprint density at radius 1 is 0.148 bits per heavy atom. The molecule has 4 heteroatoms. The molecule has 9 aromatic rings. The number of benzene rings is 7. The van der Waals surface area contributed by atoms with E-state index in [-0.39, 0.29) is 0 Å². The molecule has 4 nitrogen and oxygen atoms in total. The van der Waals surface area contributed by atoms with Gasteiger partial charge in [-0.15, -0.1) is 0 Å². The van der Waals surface area contributed by atoms with E-state index < -0.39 is 0 Å². The standard InChI is InChI=1S/C50H34N4/c1-7-19-35(20-8-1)43-45(37-23-11-3-12-24-37)53-49(47(51-43)39-27-15-5-16-28-39)41-31-33-42(34-32-41)50-48(40-29-17-6-18-30-40)52-44(36-21-9-2-10-22-36)46(54-50)38-25-13-4-14-26-38/h1-34H. The lowest BCUT2D eigenvalue weighted by Gasteiger charge is -2.17. The predicted molar refractivity (Wildman–Crippen MR) is 221 cm³/mol. The predicted octanol–water partition coefficient (Wildman–Crippen LogP) is 12.6. The summed E-state index contributed by atoms with van der Waals surface area (Å²) in [6.45, 7) is 0. The molecule has 0 saturated carbocycles. The summed E-state index contributed by atoms with van der Waals surface area (Å²) in [6.07, 6.45) is 0. The third-order valence-electron chi connectivity index (χ3n) is 9.51. The van der Waals surface area contributed by atoms with Crippen LogP contribution in [0.1, 0.15) is 0 Å². The summed E-state index contributed by atoms with van der Waals surface area (Å²) >= 11 is 0. The zero-order chi connectivity index (χ0) is 36.1. The minimum Gasteiger partial charge on any atom is -0.243 e. The highest BCUT2D eigenvalue weighted by Gasteiger charge is 2.22. The second-order valence-electron chi connectivity index (χ2n) is 13.0. The summed E-state index contributed by atoms with van der Waals surface area (Å²) in [4.78, 5) is 21.7. The molecule has 0 bridgehead atoms. The van der Waals surface area contributed by atoms with Crippen LogP contribution in [0.15, 0.2) is 206 Å². The van der Waals surface area contributed by atoms with E-state index >= 15 is 0 Å². The van der Waals surface area contributed by atoms with Gasteiger partial charge in [-0.25, -0.2) is 19.9 Å². The van der Waals surface area contributed by atoms with E-state index in [4.69, 9.17) is 19.9 Å². The molecule has 0 aliphatic carbocycles. The zero-order valence-corrected chi connectivity index (χ0v) is 29.4. The van der Waals surface area contributed by atoms with E-state index in [1.807, 2.05) is 109 Å². The van der Waals surface area contributed by atoms with Crippen molar-refractivity contribution in [1.82, 2.24) is 19.9 Å². The quantitative estimate of drug-likeness (QED) is 0.159. The maximum atomic E-state index is 5.44. The van der Waals surface area contributed by atoms with E-state index in [0.29, 0.717) is 0 Å². The Hall–Kier alpha value is -7.30. The fourth-order valence-electron chi connectivity index (χ4n) is 6.84. The minimum absolute atomic E-state index is 0.810. The average molecular weight is 691 g/mol. The van der Waals surface area contributed by atoms with Gasteiger partial charge < -0.3 is 0 Å². The maximum absolute atomic E-state index is 5.44. The number of hydrogen-bond acceptors (Lipinski definition) is 4. The van der Waals surface area contributed by atoms with Crippen molar-refractivity contribution in [3.8, 4) is 90.1 Å². The number of nitrogens with zero attached hydrogens (tertiary/aromatic N) is 4. The molecule has 2 aromatic heterocycles. The van der Waals surface area contributed by atoms with Crippen molar-refractivity contribution < 1.29 is 0 Å². The molecule has 0 saturated heterocycles. The van der Waals surface area contributed by atoms with Crippen molar-refractivity contribution in [2.24, 2.45) is 0 Å². The monoisotopic (exact) mass is 690 g/mol. The molecule has 0 amide bonds. The molecule has 254 valence electrons. The van der Waals surface area contributed by atoms with Crippen molar-refractivity contribution in [3.05, 3.63) is 206 Å². The van der Waals surface area contributed by atoms with Crippen molar-refractivity contribution in [2.75, 3.05) is 0 Å². The van der Waals surface area contributed by atoms with Gasteiger partial charge in [0.25, 0.3) is 0 Å². The molecule has 0 spiro atoms. The Morgan fingerprint density at radius 2 is 0.278 bits per heavy atom. The number of rotatable bonds is 8. The van der Waals surface area contributed by atoms with Gasteiger partial charge in [0.05, 0.1) is 45.6 Å². The van der Waals surface area contributed by atoms with Crippen LogP contribution in [0, 0.1) is 0 Å². The van der Waals surface area contributed by atoms with Crippen LogP contribution in [-0.2, 0) is 0 Å². The van der Waals surface area contributed by atoms with Crippen LogP contribution in [0.3, 0.4) is 0 Å². The Kier molecular flexibility index (Phi) is 8.90. The first-order chi connectivity index (χ1) is 26.8.